The molecule has 0 amide bonds. The van der Waals surface area contributed by atoms with E-state index in [1.807, 2.05) is 13.8 Å². The molecule has 16 heavy (non-hydrogen) atoms. The van der Waals surface area contributed by atoms with Gasteiger partial charge in [-0.3, -0.25) is 0 Å². The van der Waals surface area contributed by atoms with Crippen LogP contribution in [-0.2, 0) is 4.74 Å². The van der Waals surface area contributed by atoms with Crippen LogP contribution in [-0.4, -0.2) is 51.1 Å². The highest BCUT2D eigenvalue weighted by Gasteiger charge is 2.35. The maximum atomic E-state index is 9.70. The number of rotatable bonds is 5. The highest BCUT2D eigenvalue weighted by Crippen LogP contribution is 2.24. The van der Waals surface area contributed by atoms with Gasteiger partial charge in [-0.2, -0.15) is 12.6 Å². The molecule has 0 aliphatic heterocycles. The van der Waals surface area contributed by atoms with Gasteiger partial charge in [-0.05, 0) is 39.9 Å². The molecule has 0 atom stereocenters. The van der Waals surface area contributed by atoms with E-state index >= 15 is 0 Å². The van der Waals surface area contributed by atoms with Crippen molar-refractivity contribution in [3.63, 3.8) is 0 Å². The Morgan fingerprint density at radius 2 is 1.50 bits per heavy atom. The number of hydrogen-bond acceptors (Lipinski definition) is 6. The van der Waals surface area contributed by atoms with Gasteiger partial charge < -0.3 is 24.9 Å². The summed E-state index contributed by atoms with van der Waals surface area (Å²) in [7, 11) is -2.17. The summed E-state index contributed by atoms with van der Waals surface area (Å²) in [5.41, 5.74) is -1.29. The minimum absolute atomic E-state index is 0.490. The Morgan fingerprint density at radius 3 is 1.75 bits per heavy atom. The third-order valence-electron chi connectivity index (χ3n) is 2.24. The van der Waals surface area contributed by atoms with E-state index in [4.69, 9.17) is 19.8 Å². The fourth-order valence-corrected chi connectivity index (χ4v) is 0.698. The smallest absolute Gasteiger partial charge is 0.402 e. The van der Waals surface area contributed by atoms with Crippen LogP contribution in [0, 0.1) is 0 Å². The van der Waals surface area contributed by atoms with Gasteiger partial charge in [0.2, 0.25) is 0 Å². The van der Waals surface area contributed by atoms with Crippen LogP contribution in [0.25, 0.3) is 0 Å². The third kappa shape index (κ3) is 10.7. The first-order chi connectivity index (χ1) is 7.04. The monoisotopic (exact) mass is 254 g/mol. The predicted octanol–water partition coefficient (Wildman–Crippen LogP) is -0.179. The Bertz CT molecular complexity index is 167. The molecule has 0 fully saturated rings. The summed E-state index contributed by atoms with van der Waals surface area (Å²) in [5, 5.41) is 31.2. The minimum atomic E-state index is -2.17. The van der Waals surface area contributed by atoms with Crippen LogP contribution in [0.15, 0.2) is 0 Å². The fourth-order valence-electron chi connectivity index (χ4n) is 0.568. The maximum absolute atomic E-state index is 9.70. The van der Waals surface area contributed by atoms with Crippen molar-refractivity contribution in [1.29, 1.82) is 0 Å². The van der Waals surface area contributed by atoms with Gasteiger partial charge in [-0.15, -0.1) is 0 Å². The maximum Gasteiger partial charge on any atom is 0.631 e. The van der Waals surface area contributed by atoms with Crippen LogP contribution in [0.2, 0.25) is 0 Å². The quantitative estimate of drug-likeness (QED) is 0.267. The van der Waals surface area contributed by atoms with Gasteiger partial charge in [0.15, 0.2) is 0 Å². The van der Waals surface area contributed by atoms with Crippen molar-refractivity contribution in [1.82, 2.24) is 0 Å². The summed E-state index contributed by atoms with van der Waals surface area (Å²) in [6.07, 6.45) is 0.919. The molecule has 0 aliphatic carbocycles. The van der Waals surface area contributed by atoms with E-state index in [9.17, 15) is 5.11 Å². The summed E-state index contributed by atoms with van der Waals surface area (Å²) in [6, 6.07) is 0. The lowest BCUT2D eigenvalue weighted by Crippen LogP contribution is -2.47. The molecule has 5 nitrogen and oxygen atoms in total. The molecule has 0 heterocycles. The van der Waals surface area contributed by atoms with Gasteiger partial charge >= 0.3 is 7.32 Å². The molecule has 0 bridgehead atoms. The topological polar surface area (TPSA) is 90.2 Å². The summed E-state index contributed by atoms with van der Waals surface area (Å²) in [6.45, 7) is 7.96. The van der Waals surface area contributed by atoms with E-state index in [2.05, 4.69) is 12.6 Å². The van der Waals surface area contributed by atoms with Gasteiger partial charge in [-0.25, -0.2) is 0 Å². The molecular weight excluding hydrogens is 231 g/mol. The van der Waals surface area contributed by atoms with Crippen LogP contribution >= 0.6 is 12.6 Å². The average molecular weight is 254 g/mol. The first-order valence-electron chi connectivity index (χ1n) is 5.06. The van der Waals surface area contributed by atoms with Gasteiger partial charge in [0.1, 0.15) is 0 Å². The number of hydrogen-bond donors (Lipinski definition) is 5. The summed E-state index contributed by atoms with van der Waals surface area (Å²) in [5.74, 6) is 0.821. The highest BCUT2D eigenvalue weighted by molar-refractivity contribution is 7.80. The number of aliphatic hydroxyl groups is 1. The molecule has 98 valence electrons. The van der Waals surface area contributed by atoms with Gasteiger partial charge in [0.05, 0.1) is 11.2 Å². The zero-order valence-electron chi connectivity index (χ0n) is 10.3. The molecule has 0 aromatic rings. The van der Waals surface area contributed by atoms with Crippen LogP contribution < -0.4 is 0 Å². The van der Waals surface area contributed by atoms with Crippen LogP contribution in [0.3, 0.4) is 0 Å². The molecule has 4 N–H and O–H groups in total. The van der Waals surface area contributed by atoms with Crippen molar-refractivity contribution >= 4 is 20.0 Å². The lowest BCUT2D eigenvalue weighted by Gasteiger charge is -2.37. The molecule has 0 saturated heterocycles. The summed E-state index contributed by atoms with van der Waals surface area (Å²) < 4.78 is 5.54. The zero-order valence-corrected chi connectivity index (χ0v) is 11.2. The van der Waals surface area contributed by atoms with Gasteiger partial charge in [-0.1, -0.05) is 0 Å². The van der Waals surface area contributed by atoms with E-state index < -0.39 is 18.5 Å². The highest BCUT2D eigenvalue weighted by atomic mass is 32.1. The number of thiol groups is 1. The van der Waals surface area contributed by atoms with Crippen molar-refractivity contribution < 1.29 is 24.9 Å². The number of ether oxygens (including phenoxy) is 1. The van der Waals surface area contributed by atoms with E-state index in [0.717, 1.165) is 12.2 Å². The second-order valence-corrected chi connectivity index (χ2v) is 4.79. The largest absolute Gasteiger partial charge is 0.631 e. The second kappa shape index (κ2) is 8.33. The predicted molar refractivity (Wildman–Crippen MR) is 67.2 cm³/mol. The molecule has 0 spiro atoms. The molecule has 0 radical (unpaired) electrons. The molecule has 0 aromatic carbocycles. The van der Waals surface area contributed by atoms with Crippen LogP contribution in [0.4, 0.5) is 0 Å². The van der Waals surface area contributed by atoms with E-state index in [1.165, 1.54) is 0 Å². The first-order valence-corrected chi connectivity index (χ1v) is 5.69. The van der Waals surface area contributed by atoms with Crippen LogP contribution in [0.5, 0.6) is 0 Å². The van der Waals surface area contributed by atoms with Crippen molar-refractivity contribution in [2.45, 2.75) is 45.3 Å². The van der Waals surface area contributed by atoms with Crippen molar-refractivity contribution in [3.05, 3.63) is 0 Å². The summed E-state index contributed by atoms with van der Waals surface area (Å²) >= 11 is 4.08. The minimum Gasteiger partial charge on any atom is -0.402 e. The normalized spacial score (nSPS) is 11.8. The molecule has 0 unspecified atom stereocenters. The Balaban J connectivity index is 0. The first kappa shape index (κ1) is 18.6. The molecule has 7 heteroatoms. The lowest BCUT2D eigenvalue weighted by atomic mass is 9.89. The second-order valence-electron chi connectivity index (χ2n) is 4.34. The van der Waals surface area contributed by atoms with Crippen molar-refractivity contribution in [2.75, 3.05) is 12.4 Å². The molecule has 0 aliphatic rings. The van der Waals surface area contributed by atoms with Crippen molar-refractivity contribution in [3.8, 4) is 0 Å². The molecule has 0 saturated carbocycles. The fraction of sp³-hybridized carbons (Fsp3) is 1.00. The Labute approximate surface area is 103 Å². The molecule has 0 aromatic heterocycles. The van der Waals surface area contributed by atoms with E-state index in [-0.39, 0.29) is 0 Å². The molecular formula is C9H23BO5S. The Kier molecular flexibility index (Phi) is 9.67. The lowest BCUT2D eigenvalue weighted by molar-refractivity contribution is -0.146. The van der Waals surface area contributed by atoms with E-state index in [0.29, 0.717) is 6.61 Å². The average Bonchev–Trinajstić information content (AvgIpc) is 2.01. The third-order valence-corrected chi connectivity index (χ3v) is 2.55. The van der Waals surface area contributed by atoms with Gasteiger partial charge in [0, 0.05) is 6.61 Å². The molecule has 0 rings (SSSR count). The summed E-state index contributed by atoms with van der Waals surface area (Å²) in [4.78, 5) is 0. The van der Waals surface area contributed by atoms with Crippen LogP contribution in [0.1, 0.15) is 34.1 Å². The SMILES string of the molecule is CC(C)(O)C(C)(C)OCCCS.OB(O)O. The zero-order chi connectivity index (χ0) is 13.4. The Hall–Kier alpha value is 0.215. The van der Waals surface area contributed by atoms with E-state index in [1.54, 1.807) is 13.8 Å². The standard InChI is InChI=1S/C9H20O2S.BH3O3/c1-8(2,10)9(3,4)11-6-5-7-12;2-1(3)4/h10,12H,5-7H2,1-4H3;2-4H. The Morgan fingerprint density at radius 1 is 1.12 bits per heavy atom. The van der Waals surface area contributed by atoms with Gasteiger partial charge in [0.25, 0.3) is 0 Å². The van der Waals surface area contributed by atoms with Crippen molar-refractivity contribution in [2.24, 2.45) is 0 Å².